The number of hydrogen-bond acceptors (Lipinski definition) is 34. The molecule has 758 valence electrons. The number of aromatic hydroxyl groups is 4. The quantitative estimate of drug-likeness (QED) is 0.0385. The van der Waals surface area contributed by atoms with E-state index in [1.165, 1.54) is 24.3 Å². The number of phenols is 4. The third-order valence-corrected chi connectivity index (χ3v) is 25.8. The first-order valence-electron chi connectivity index (χ1n) is 45.1. The van der Waals surface area contributed by atoms with Crippen LogP contribution in [0.3, 0.4) is 0 Å². The zero-order chi connectivity index (χ0) is 102. The molecule has 25 N–H and O–H groups in total. The van der Waals surface area contributed by atoms with Crippen LogP contribution < -0.4 is 77.3 Å². The molecule has 3 fully saturated rings. The van der Waals surface area contributed by atoms with E-state index in [1.807, 2.05) is 0 Å². The molecule has 9 aliphatic heterocycles. The Morgan fingerprint density at radius 2 is 1.13 bits per heavy atom. The maximum Gasteiger partial charge on any atom is 0.335 e. The highest BCUT2D eigenvalue weighted by molar-refractivity contribution is 6.33. The van der Waals surface area contributed by atoms with Crippen molar-refractivity contribution >= 4 is 93.9 Å². The molecular weight excluding hydrogens is 1920 g/mol. The second-order valence-electron chi connectivity index (χ2n) is 35.8. The number of hydrogen-bond donors (Lipinski definition) is 24. The van der Waals surface area contributed by atoms with E-state index < -0.39 is 332 Å². The number of carboxylic acids is 1. The van der Waals surface area contributed by atoms with Gasteiger partial charge < -0.3 is 173 Å². The summed E-state index contributed by atoms with van der Waals surface area (Å²) in [7, 11) is 3.45. The third kappa shape index (κ3) is 23.6. The highest BCUT2D eigenvalue weighted by Crippen LogP contribution is 2.52. The Morgan fingerprint density at radius 3 is 1.80 bits per heavy atom. The lowest BCUT2D eigenvalue weighted by Crippen LogP contribution is -2.66. The topological polar surface area (TPSA) is 675 Å². The molecule has 47 heteroatoms. The number of aliphatic hydroxyl groups is 9. The van der Waals surface area contributed by atoms with E-state index in [2.05, 4.69) is 61.7 Å². The molecule has 17 bridgehead atoms. The summed E-state index contributed by atoms with van der Waals surface area (Å²) in [6, 6.07) is -0.663. The number of rotatable bonds is 24. The van der Waals surface area contributed by atoms with Gasteiger partial charge in [0.1, 0.15) is 156 Å². The Balaban J connectivity index is 1.05. The second kappa shape index (κ2) is 44.9. The Morgan fingerprint density at radius 1 is 0.532 bits per heavy atom. The number of nitrogens with one attached hydrogen (secondary N) is 9. The number of nitrogens with zero attached hydrogens (tertiary/aromatic N) is 1. The number of fused-ring (bicyclic) bond motifs is 14. The van der Waals surface area contributed by atoms with Gasteiger partial charge in [0.25, 0.3) is 0 Å². The van der Waals surface area contributed by atoms with Crippen LogP contribution in [0, 0.1) is 5.92 Å². The van der Waals surface area contributed by atoms with Gasteiger partial charge in [0.2, 0.25) is 71.5 Å². The van der Waals surface area contributed by atoms with Crippen molar-refractivity contribution in [1.82, 2.24) is 52.8 Å². The van der Waals surface area contributed by atoms with E-state index in [0.717, 1.165) is 118 Å². The minimum atomic E-state index is -2.60. The molecule has 23 atom stereocenters. The lowest BCUT2D eigenvalue weighted by Gasteiger charge is -2.44. The highest BCUT2D eigenvalue weighted by Gasteiger charge is 2.54. The lowest BCUT2D eigenvalue weighted by molar-refractivity contribution is -0.284. The first kappa shape index (κ1) is 105. The Hall–Kier alpha value is -12.3. The van der Waals surface area contributed by atoms with E-state index in [1.54, 1.807) is 19.0 Å². The monoisotopic (exact) mass is 2020 g/mol. The molecule has 16 rings (SSSR count). The normalized spacial score (nSPS) is 27.8. The fourth-order valence-corrected chi connectivity index (χ4v) is 18.1. The van der Waals surface area contributed by atoms with E-state index in [0.29, 0.717) is 18.9 Å². The van der Waals surface area contributed by atoms with Gasteiger partial charge in [0, 0.05) is 55.1 Å². The molecule has 7 aromatic rings. The predicted octanol–water partition coefficient (Wildman–Crippen LogP) is 2.14. The summed E-state index contributed by atoms with van der Waals surface area (Å²) in [6.07, 6.45) is -26.5. The van der Waals surface area contributed by atoms with E-state index >= 15 is 28.8 Å². The largest absolute Gasteiger partial charge is 0.508 e. The van der Waals surface area contributed by atoms with Crippen molar-refractivity contribution in [3.8, 4) is 80.1 Å². The van der Waals surface area contributed by atoms with E-state index in [-0.39, 0.29) is 47.5 Å². The average molecular weight is 2030 g/mol. The van der Waals surface area contributed by atoms with Crippen LogP contribution in [0.5, 0.6) is 69.0 Å². The van der Waals surface area contributed by atoms with Crippen molar-refractivity contribution in [2.45, 2.75) is 219 Å². The van der Waals surface area contributed by atoms with Gasteiger partial charge in [-0.15, -0.1) is 0 Å². The number of phenolic OH excluding ortho intramolecular Hbond substituents is 4. The summed E-state index contributed by atoms with van der Waals surface area (Å²) in [4.78, 5) is 157. The Labute approximate surface area is 818 Å². The minimum absolute atomic E-state index is 0.00653. The van der Waals surface area contributed by atoms with Crippen molar-refractivity contribution in [3.05, 3.63) is 163 Å². The van der Waals surface area contributed by atoms with Gasteiger partial charge in [-0.25, -0.2) is 4.79 Å². The number of halogens is 3. The third-order valence-electron chi connectivity index (χ3n) is 24.8. The number of aliphatic hydroxyl groups excluding tert-OH is 9. The fraction of sp³-hybridized carbons (Fsp3) is 0.447. The molecule has 0 aliphatic carbocycles. The predicted molar refractivity (Wildman–Crippen MR) is 492 cm³/mol. The van der Waals surface area contributed by atoms with Crippen LogP contribution in [0.2, 0.25) is 15.1 Å². The maximum absolute atomic E-state index is 17.2. The van der Waals surface area contributed by atoms with Gasteiger partial charge in [-0.3, -0.25) is 43.2 Å². The highest BCUT2D eigenvalue weighted by atomic mass is 35.5. The van der Waals surface area contributed by atoms with Crippen LogP contribution in [0.4, 0.5) is 0 Å². The Kier molecular flexibility index (Phi) is 33.3. The molecule has 9 amide bonds. The van der Waals surface area contributed by atoms with Crippen LogP contribution in [0.1, 0.15) is 147 Å². The molecule has 0 spiro atoms. The molecule has 7 aromatic carbocycles. The zero-order valence-corrected chi connectivity index (χ0v) is 78.4. The van der Waals surface area contributed by atoms with Gasteiger partial charge in [-0.05, 0) is 146 Å². The average Bonchev–Trinajstić information content (AvgIpc) is 0.752. The summed E-state index contributed by atoms with van der Waals surface area (Å²) in [5.74, 6) is -20.9. The first-order chi connectivity index (χ1) is 67.1. The van der Waals surface area contributed by atoms with Crippen molar-refractivity contribution in [3.63, 3.8) is 0 Å². The van der Waals surface area contributed by atoms with Gasteiger partial charge >= 0.3 is 5.97 Å². The number of carboxylic acid groups (broad SMARTS) is 1. The Bertz CT molecular complexity index is 5890. The SMILES string of the molecule is CC(=O)NC1C(OC2c3ccc(c(Cl)c3)Oc3cc4cc(c3OC3OC(C(=O)O)C(O)C(O)C3NC(=O)CCCCCCCC(C)C)Oc3ccc(cc3Cl)CC3NC(=O)C(N)c5ccc(O)c(c5)Oc5cc(O)c(Cl)c(c5)C(NC3=O)C(=O)NC4C(=O)NC3C(=O)NC2C(=O)NC(C(=O)NCCCN(C)C)c2cc(O)cc(OC4OC(CO)C(O)C(O)C4O)c2-c2cc3ccc2O)OC(CO)C(O)C1O. The van der Waals surface area contributed by atoms with Crippen LogP contribution >= 0.6 is 34.8 Å². The van der Waals surface area contributed by atoms with Crippen molar-refractivity contribution < 1.29 is 162 Å². The van der Waals surface area contributed by atoms with Crippen LogP contribution in [0.15, 0.2) is 109 Å². The number of benzene rings is 7. The minimum Gasteiger partial charge on any atom is -0.508 e. The molecular formula is C94H108Cl3N11O33. The van der Waals surface area contributed by atoms with Crippen molar-refractivity contribution in [1.29, 1.82) is 0 Å². The summed E-state index contributed by atoms with van der Waals surface area (Å²) in [5.41, 5.74) is 2.86. The molecule has 23 unspecified atom stereocenters. The summed E-state index contributed by atoms with van der Waals surface area (Å²) >= 11 is 21.9. The first-order valence-corrected chi connectivity index (χ1v) is 46.3. The molecule has 0 radical (unpaired) electrons. The number of unbranched alkanes of at least 4 members (excludes halogenated alkanes) is 4. The number of carbonyl (C=O) groups excluding carboxylic acids is 9. The standard InChI is InChI=1S/C94H108Cl3N11O33/c1-37(2)12-9-7-6-8-10-13-63(116)102-72-77(120)79(122)83(91(131)132)141-93(72)140-82-59-29-43-30-60(82)135-56-21-17-42(27-50(56)96)81(139-92-71(100-38(3)111)76(119)74(117)61(35-109)137-92)73-90(130)106-69(86(126)99-22-11-23-108(4)5)47-31-44(112)32-58(136-94-80(123)78(121)75(118)62(36-110)138-94)64(47)46-26-41(16-18-52(46)113)67(87(127)107-73)103-88(128)68(43)104-89(129)70-48-33-45(34-54(115)65(48)97)133-57-28-40(15-19-53(57)114)66(98)85(125)101-51(84(124)105-70)25-39-14-20-55(134-59)49(95)24-39/h14-21,24,26-34,37,51,61-62,66-81,83,92-94,109-110,112-115,117-123H,6-13,22-23,25,35-36,98H2,1-5H3,(H,99,126)(H,100,111)(H,101,125)(H,102,116)(H,103,128)(H,104,129)(H,105,124)(H,106,130)(H,107,127)(H,131,132). The molecule has 9 aliphatic rings. The van der Waals surface area contributed by atoms with Crippen LogP contribution in [0.25, 0.3) is 11.1 Å². The summed E-state index contributed by atoms with van der Waals surface area (Å²) < 4.78 is 57.8. The number of aliphatic carboxylic acids is 1. The number of nitrogens with two attached hydrogens (primary N) is 1. The van der Waals surface area contributed by atoms with Gasteiger partial charge in [0.15, 0.2) is 35.4 Å². The number of ether oxygens (including phenoxy) is 9. The van der Waals surface area contributed by atoms with E-state index in [4.69, 9.17) is 83.2 Å². The van der Waals surface area contributed by atoms with Crippen molar-refractivity contribution in [2.75, 3.05) is 40.4 Å². The lowest BCUT2D eigenvalue weighted by atomic mass is 9.89. The van der Waals surface area contributed by atoms with E-state index in [9.17, 15) is 90.7 Å². The molecule has 0 aromatic heterocycles. The van der Waals surface area contributed by atoms with Gasteiger partial charge in [-0.1, -0.05) is 105 Å². The molecule has 44 nitrogen and oxygen atoms in total. The van der Waals surface area contributed by atoms with Gasteiger partial charge in [0.05, 0.1) is 28.3 Å². The van der Waals surface area contributed by atoms with Crippen molar-refractivity contribution in [2.24, 2.45) is 11.7 Å². The smallest absolute Gasteiger partial charge is 0.335 e. The molecule has 141 heavy (non-hydrogen) atoms. The zero-order valence-electron chi connectivity index (χ0n) is 76.1. The summed E-state index contributed by atoms with van der Waals surface area (Å²) in [5, 5.41) is 183. The van der Waals surface area contributed by atoms with Crippen LogP contribution in [-0.4, -0.2) is 280 Å². The maximum atomic E-state index is 17.2. The fourth-order valence-electron chi connectivity index (χ4n) is 17.4. The summed E-state index contributed by atoms with van der Waals surface area (Å²) in [6.45, 7) is 3.17. The molecule has 9 heterocycles. The number of carbonyl (C=O) groups is 10. The second-order valence-corrected chi connectivity index (χ2v) is 37.0. The van der Waals surface area contributed by atoms with Crippen LogP contribution in [-0.2, 0) is 73.3 Å². The number of amides is 9. The van der Waals surface area contributed by atoms with Gasteiger partial charge in [-0.2, -0.15) is 0 Å². The molecule has 0 saturated carbocycles. The molecule has 3 saturated heterocycles.